The summed E-state index contributed by atoms with van der Waals surface area (Å²) in [6, 6.07) is 12.4. The molecule has 1 aliphatic rings. The Morgan fingerprint density at radius 1 is 0.880 bits per heavy atom. The average molecular weight is 340 g/mol. The van der Waals surface area contributed by atoms with Crippen molar-refractivity contribution < 1.29 is 8.78 Å². The molecule has 2 aromatic rings. The van der Waals surface area contributed by atoms with Crippen LogP contribution in [-0.2, 0) is 0 Å². The molecule has 132 valence electrons. The Balaban J connectivity index is 1.62. The minimum absolute atomic E-state index is 0.620. The molecule has 0 radical (unpaired) electrons. The van der Waals surface area contributed by atoms with E-state index in [1.807, 2.05) is 12.1 Å². The number of halogens is 2. The van der Waals surface area contributed by atoms with Gasteiger partial charge in [0.05, 0.1) is 0 Å². The van der Waals surface area contributed by atoms with Gasteiger partial charge in [-0.1, -0.05) is 55.8 Å². The van der Waals surface area contributed by atoms with Crippen LogP contribution >= 0.6 is 0 Å². The molecule has 1 aliphatic carbocycles. The van der Waals surface area contributed by atoms with Gasteiger partial charge in [0.25, 0.3) is 0 Å². The standard InChI is InChI=1S/C23H26F2/c1-2-3-4-5-17-6-8-18(9-7-17)19-10-12-20(13-11-19)21-14-15-22(24)23(25)16-21/h4-5,10-18H,2-3,6-9H2,1H3/t17-,18-. The Morgan fingerprint density at radius 3 is 2.20 bits per heavy atom. The van der Waals surface area contributed by atoms with Crippen molar-refractivity contribution in [1.82, 2.24) is 0 Å². The van der Waals surface area contributed by atoms with E-state index in [0.717, 1.165) is 17.0 Å². The number of rotatable bonds is 5. The monoisotopic (exact) mass is 340 g/mol. The topological polar surface area (TPSA) is 0 Å². The van der Waals surface area contributed by atoms with Crippen LogP contribution in [0, 0.1) is 17.6 Å². The van der Waals surface area contributed by atoms with Gasteiger partial charge in [0.15, 0.2) is 11.6 Å². The van der Waals surface area contributed by atoms with Crippen molar-refractivity contribution >= 4 is 0 Å². The molecule has 0 unspecified atom stereocenters. The minimum atomic E-state index is -0.801. The van der Waals surface area contributed by atoms with Crippen LogP contribution in [0.1, 0.15) is 56.9 Å². The van der Waals surface area contributed by atoms with Gasteiger partial charge in [0.2, 0.25) is 0 Å². The second kappa shape index (κ2) is 8.42. The Bertz CT molecular complexity index is 707. The molecule has 0 atom stereocenters. The molecular formula is C23H26F2. The highest BCUT2D eigenvalue weighted by Crippen LogP contribution is 2.37. The first-order valence-electron chi connectivity index (χ1n) is 9.39. The lowest BCUT2D eigenvalue weighted by molar-refractivity contribution is 0.375. The Kier molecular flexibility index (Phi) is 6.01. The number of hydrogen-bond acceptors (Lipinski definition) is 0. The van der Waals surface area contributed by atoms with Gasteiger partial charge >= 0.3 is 0 Å². The van der Waals surface area contributed by atoms with Crippen molar-refractivity contribution in [2.24, 2.45) is 5.92 Å². The summed E-state index contributed by atoms with van der Waals surface area (Å²) in [5.74, 6) is -0.236. The summed E-state index contributed by atoms with van der Waals surface area (Å²) < 4.78 is 26.5. The number of hydrogen-bond donors (Lipinski definition) is 0. The SMILES string of the molecule is CCCC=C[C@H]1CC[C@H](c2ccc(-c3ccc(F)c(F)c3)cc2)CC1. The first-order valence-corrected chi connectivity index (χ1v) is 9.39. The van der Waals surface area contributed by atoms with Gasteiger partial charge in [-0.25, -0.2) is 8.78 Å². The number of unbranched alkanes of at least 4 members (excludes halogenated alkanes) is 1. The molecule has 0 heterocycles. The molecule has 1 saturated carbocycles. The quantitative estimate of drug-likeness (QED) is 0.502. The predicted molar refractivity (Wildman–Crippen MR) is 101 cm³/mol. The zero-order valence-electron chi connectivity index (χ0n) is 14.8. The van der Waals surface area contributed by atoms with Crippen molar-refractivity contribution in [3.05, 3.63) is 71.8 Å². The summed E-state index contributed by atoms with van der Waals surface area (Å²) in [6.07, 6.45) is 12.1. The van der Waals surface area contributed by atoms with Gasteiger partial charge in [-0.2, -0.15) is 0 Å². The van der Waals surface area contributed by atoms with Crippen molar-refractivity contribution in [1.29, 1.82) is 0 Å². The van der Waals surface area contributed by atoms with Gasteiger partial charge in [0.1, 0.15) is 0 Å². The summed E-state index contributed by atoms with van der Waals surface area (Å²) in [5.41, 5.74) is 3.01. The van der Waals surface area contributed by atoms with Crippen LogP contribution < -0.4 is 0 Å². The minimum Gasteiger partial charge on any atom is -0.204 e. The Labute approximate surface area is 149 Å². The molecule has 2 heteroatoms. The van der Waals surface area contributed by atoms with Gasteiger partial charge in [-0.15, -0.1) is 0 Å². The van der Waals surface area contributed by atoms with E-state index in [1.165, 1.54) is 56.2 Å². The molecule has 0 bridgehead atoms. The number of benzene rings is 2. The fraction of sp³-hybridized carbons (Fsp3) is 0.391. The maximum Gasteiger partial charge on any atom is 0.159 e. The van der Waals surface area contributed by atoms with Gasteiger partial charge in [-0.3, -0.25) is 0 Å². The van der Waals surface area contributed by atoms with E-state index in [2.05, 4.69) is 31.2 Å². The molecule has 1 fully saturated rings. The molecular weight excluding hydrogens is 314 g/mol. The van der Waals surface area contributed by atoms with E-state index in [0.29, 0.717) is 5.92 Å². The molecule has 0 N–H and O–H groups in total. The van der Waals surface area contributed by atoms with Crippen LogP contribution in [-0.4, -0.2) is 0 Å². The summed E-state index contributed by atoms with van der Waals surface area (Å²) in [4.78, 5) is 0. The van der Waals surface area contributed by atoms with Gasteiger partial charge in [-0.05, 0) is 72.8 Å². The fourth-order valence-electron chi connectivity index (χ4n) is 3.72. The number of allylic oxidation sites excluding steroid dienone is 2. The molecule has 0 spiro atoms. The molecule has 0 aliphatic heterocycles. The summed E-state index contributed by atoms with van der Waals surface area (Å²) in [6.45, 7) is 2.21. The largest absolute Gasteiger partial charge is 0.204 e. The van der Waals surface area contributed by atoms with Crippen LogP contribution in [0.5, 0.6) is 0 Å². The first-order chi connectivity index (χ1) is 12.2. The van der Waals surface area contributed by atoms with Crippen LogP contribution in [0.15, 0.2) is 54.6 Å². The lowest BCUT2D eigenvalue weighted by Crippen LogP contribution is -2.11. The molecule has 25 heavy (non-hydrogen) atoms. The third-order valence-electron chi connectivity index (χ3n) is 5.27. The van der Waals surface area contributed by atoms with Crippen LogP contribution in [0.3, 0.4) is 0 Å². The lowest BCUT2D eigenvalue weighted by Gasteiger charge is -2.27. The van der Waals surface area contributed by atoms with E-state index in [9.17, 15) is 8.78 Å². The highest BCUT2D eigenvalue weighted by atomic mass is 19.2. The molecule has 0 saturated heterocycles. The molecule has 2 aromatic carbocycles. The fourth-order valence-corrected chi connectivity index (χ4v) is 3.72. The van der Waals surface area contributed by atoms with Crippen molar-refractivity contribution in [2.75, 3.05) is 0 Å². The normalized spacial score (nSPS) is 20.9. The maximum atomic E-state index is 13.4. The highest BCUT2D eigenvalue weighted by Gasteiger charge is 2.20. The smallest absolute Gasteiger partial charge is 0.159 e. The van der Waals surface area contributed by atoms with Gasteiger partial charge in [0, 0.05) is 0 Å². The van der Waals surface area contributed by atoms with E-state index in [1.54, 1.807) is 6.07 Å². The van der Waals surface area contributed by atoms with E-state index in [4.69, 9.17) is 0 Å². The van der Waals surface area contributed by atoms with Crippen molar-refractivity contribution in [3.8, 4) is 11.1 Å². The Hall–Kier alpha value is -1.96. The van der Waals surface area contributed by atoms with E-state index in [-0.39, 0.29) is 0 Å². The molecule has 3 rings (SSSR count). The summed E-state index contributed by atoms with van der Waals surface area (Å²) >= 11 is 0. The average Bonchev–Trinajstić information content (AvgIpc) is 2.65. The second-order valence-electron chi connectivity index (χ2n) is 7.08. The lowest BCUT2D eigenvalue weighted by atomic mass is 9.78. The summed E-state index contributed by atoms with van der Waals surface area (Å²) in [7, 11) is 0. The van der Waals surface area contributed by atoms with Crippen molar-refractivity contribution in [2.45, 2.75) is 51.4 Å². The van der Waals surface area contributed by atoms with Crippen LogP contribution in [0.2, 0.25) is 0 Å². The Morgan fingerprint density at radius 2 is 1.56 bits per heavy atom. The molecule has 0 aromatic heterocycles. The maximum absolute atomic E-state index is 13.4. The highest BCUT2D eigenvalue weighted by molar-refractivity contribution is 5.63. The van der Waals surface area contributed by atoms with Crippen molar-refractivity contribution in [3.63, 3.8) is 0 Å². The second-order valence-corrected chi connectivity index (χ2v) is 7.08. The zero-order valence-corrected chi connectivity index (χ0v) is 14.8. The third kappa shape index (κ3) is 4.56. The molecule has 0 nitrogen and oxygen atoms in total. The van der Waals surface area contributed by atoms with E-state index < -0.39 is 11.6 Å². The zero-order chi connectivity index (χ0) is 17.6. The van der Waals surface area contributed by atoms with Crippen LogP contribution in [0.4, 0.5) is 8.78 Å². The third-order valence-corrected chi connectivity index (χ3v) is 5.27. The van der Waals surface area contributed by atoms with Crippen LogP contribution in [0.25, 0.3) is 11.1 Å². The predicted octanol–water partition coefficient (Wildman–Crippen LogP) is 7.26. The van der Waals surface area contributed by atoms with Gasteiger partial charge < -0.3 is 0 Å². The summed E-state index contributed by atoms with van der Waals surface area (Å²) in [5, 5.41) is 0. The van der Waals surface area contributed by atoms with E-state index >= 15 is 0 Å². The molecule has 0 amide bonds. The first kappa shape index (κ1) is 17.8.